The molecule has 0 bridgehead atoms. The molecule has 6 heteroatoms. The van der Waals surface area contributed by atoms with Crippen molar-refractivity contribution < 1.29 is 17.8 Å². The normalized spacial score (nSPS) is 11.8. The van der Waals surface area contributed by atoms with E-state index in [2.05, 4.69) is 9.34 Å². The van der Waals surface area contributed by atoms with E-state index in [4.69, 9.17) is 5.21 Å². The SMILES string of the molecule is CS(=O)(=O)Oc1ccc(/C=N/O)cc1. The van der Waals surface area contributed by atoms with Gasteiger partial charge in [-0.15, -0.1) is 0 Å². The van der Waals surface area contributed by atoms with Gasteiger partial charge < -0.3 is 9.39 Å². The van der Waals surface area contributed by atoms with Crippen molar-refractivity contribution in [2.75, 3.05) is 6.26 Å². The summed E-state index contributed by atoms with van der Waals surface area (Å²) in [7, 11) is -3.49. The molecule has 14 heavy (non-hydrogen) atoms. The van der Waals surface area contributed by atoms with Crippen LogP contribution in [0.15, 0.2) is 29.4 Å². The second-order valence-electron chi connectivity index (χ2n) is 2.60. The zero-order valence-electron chi connectivity index (χ0n) is 7.41. The van der Waals surface area contributed by atoms with Crippen molar-refractivity contribution in [2.45, 2.75) is 0 Å². The fourth-order valence-corrected chi connectivity index (χ4v) is 1.31. The molecule has 0 aromatic heterocycles. The molecule has 0 unspecified atom stereocenters. The van der Waals surface area contributed by atoms with Crippen LogP contribution in [0.1, 0.15) is 5.56 Å². The number of hydrogen-bond donors (Lipinski definition) is 1. The van der Waals surface area contributed by atoms with Crippen LogP contribution in [-0.2, 0) is 10.1 Å². The fourth-order valence-electron chi connectivity index (χ4n) is 0.851. The minimum Gasteiger partial charge on any atom is -0.411 e. The smallest absolute Gasteiger partial charge is 0.306 e. The zero-order chi connectivity index (χ0) is 10.6. The average molecular weight is 215 g/mol. The maximum absolute atomic E-state index is 10.7. The molecule has 76 valence electrons. The first kappa shape index (κ1) is 10.5. The minimum atomic E-state index is -3.49. The number of rotatable bonds is 3. The number of benzene rings is 1. The highest BCUT2D eigenvalue weighted by molar-refractivity contribution is 7.86. The van der Waals surface area contributed by atoms with Gasteiger partial charge in [0.25, 0.3) is 0 Å². The van der Waals surface area contributed by atoms with Gasteiger partial charge in [0.05, 0.1) is 12.5 Å². The molecular formula is C8H9NO4S. The molecule has 1 N–H and O–H groups in total. The molecule has 0 spiro atoms. The van der Waals surface area contributed by atoms with E-state index in [1.807, 2.05) is 0 Å². The number of hydrogen-bond acceptors (Lipinski definition) is 5. The van der Waals surface area contributed by atoms with Crippen molar-refractivity contribution in [1.82, 2.24) is 0 Å². The van der Waals surface area contributed by atoms with E-state index in [0.29, 0.717) is 5.56 Å². The molecule has 0 aliphatic rings. The zero-order valence-corrected chi connectivity index (χ0v) is 8.23. The molecule has 0 radical (unpaired) electrons. The maximum atomic E-state index is 10.7. The van der Waals surface area contributed by atoms with E-state index in [0.717, 1.165) is 6.26 Å². The summed E-state index contributed by atoms with van der Waals surface area (Å²) in [5.41, 5.74) is 0.647. The lowest BCUT2D eigenvalue weighted by atomic mass is 10.2. The van der Waals surface area contributed by atoms with Crippen molar-refractivity contribution in [3.8, 4) is 5.75 Å². The predicted molar refractivity (Wildman–Crippen MR) is 51.3 cm³/mol. The van der Waals surface area contributed by atoms with E-state index in [1.54, 1.807) is 12.1 Å². The van der Waals surface area contributed by atoms with Crippen LogP contribution in [-0.4, -0.2) is 26.1 Å². The van der Waals surface area contributed by atoms with Gasteiger partial charge in [-0.25, -0.2) is 0 Å². The summed E-state index contributed by atoms with van der Waals surface area (Å²) in [4.78, 5) is 0. The third-order valence-electron chi connectivity index (χ3n) is 1.33. The predicted octanol–water partition coefficient (Wildman–Crippen LogP) is 0.833. The van der Waals surface area contributed by atoms with Crippen LogP contribution >= 0.6 is 0 Å². The van der Waals surface area contributed by atoms with E-state index in [-0.39, 0.29) is 5.75 Å². The van der Waals surface area contributed by atoms with Crippen LogP contribution in [0.4, 0.5) is 0 Å². The Labute approximate surface area is 81.8 Å². The summed E-state index contributed by atoms with van der Waals surface area (Å²) >= 11 is 0. The van der Waals surface area contributed by atoms with Crippen molar-refractivity contribution in [3.05, 3.63) is 29.8 Å². The summed E-state index contributed by atoms with van der Waals surface area (Å²) < 4.78 is 26.0. The molecule has 1 aromatic carbocycles. The van der Waals surface area contributed by atoms with Gasteiger partial charge in [-0.1, -0.05) is 5.16 Å². The second kappa shape index (κ2) is 4.10. The van der Waals surface area contributed by atoms with Crippen LogP contribution in [0, 0.1) is 0 Å². The molecule has 5 nitrogen and oxygen atoms in total. The van der Waals surface area contributed by atoms with E-state index >= 15 is 0 Å². The lowest BCUT2D eigenvalue weighted by Gasteiger charge is -2.01. The molecule has 0 saturated heterocycles. The van der Waals surface area contributed by atoms with Crippen molar-refractivity contribution >= 4 is 16.3 Å². The first-order chi connectivity index (χ1) is 6.51. The molecule has 0 aliphatic heterocycles. The van der Waals surface area contributed by atoms with Crippen LogP contribution in [0.2, 0.25) is 0 Å². The molecule has 1 aromatic rings. The average Bonchev–Trinajstić information content (AvgIpc) is 2.06. The van der Waals surface area contributed by atoms with Gasteiger partial charge in [-0.05, 0) is 29.8 Å². The molecule has 0 atom stereocenters. The molecule has 0 aliphatic carbocycles. The maximum Gasteiger partial charge on any atom is 0.306 e. The molecule has 0 fully saturated rings. The Bertz CT molecular complexity index is 421. The number of oxime groups is 1. The third kappa shape index (κ3) is 3.44. The quantitative estimate of drug-likeness (QED) is 0.351. The van der Waals surface area contributed by atoms with Crippen LogP contribution < -0.4 is 4.18 Å². The lowest BCUT2D eigenvalue weighted by Crippen LogP contribution is -2.05. The Morgan fingerprint density at radius 3 is 2.36 bits per heavy atom. The Morgan fingerprint density at radius 1 is 1.36 bits per heavy atom. The summed E-state index contributed by atoms with van der Waals surface area (Å²) in [5.74, 6) is 0.225. The molecule has 0 saturated carbocycles. The molecule has 0 heterocycles. The van der Waals surface area contributed by atoms with E-state index in [9.17, 15) is 8.42 Å². The summed E-state index contributed by atoms with van der Waals surface area (Å²) in [5, 5.41) is 11.0. The van der Waals surface area contributed by atoms with Crippen molar-refractivity contribution in [3.63, 3.8) is 0 Å². The minimum absolute atomic E-state index is 0.225. The Kier molecular flexibility index (Phi) is 3.08. The van der Waals surface area contributed by atoms with Gasteiger partial charge in [0.15, 0.2) is 0 Å². The molecule has 0 amide bonds. The Balaban J connectivity index is 2.84. The first-order valence-corrected chi connectivity index (χ1v) is 5.50. The standard InChI is InChI=1S/C8H9NO4S/c1-14(11,12)13-8-4-2-7(3-5-8)6-9-10/h2-6,10H,1H3/b9-6+. The van der Waals surface area contributed by atoms with Gasteiger partial charge in [0.2, 0.25) is 0 Å². The lowest BCUT2D eigenvalue weighted by molar-refractivity contribution is 0.322. The highest BCUT2D eigenvalue weighted by atomic mass is 32.2. The second-order valence-corrected chi connectivity index (χ2v) is 4.18. The number of nitrogens with zero attached hydrogens (tertiary/aromatic N) is 1. The van der Waals surface area contributed by atoms with Gasteiger partial charge >= 0.3 is 10.1 Å². The van der Waals surface area contributed by atoms with Crippen LogP contribution in [0.5, 0.6) is 5.75 Å². The van der Waals surface area contributed by atoms with Gasteiger partial charge in [-0.2, -0.15) is 8.42 Å². The highest BCUT2D eigenvalue weighted by Crippen LogP contribution is 2.12. The fraction of sp³-hybridized carbons (Fsp3) is 0.125. The van der Waals surface area contributed by atoms with Crippen molar-refractivity contribution in [2.24, 2.45) is 5.16 Å². The topological polar surface area (TPSA) is 76.0 Å². The van der Waals surface area contributed by atoms with Gasteiger partial charge in [0, 0.05) is 0 Å². The molecular weight excluding hydrogens is 206 g/mol. The van der Waals surface area contributed by atoms with Gasteiger partial charge in [0.1, 0.15) is 5.75 Å². The highest BCUT2D eigenvalue weighted by Gasteiger charge is 2.02. The van der Waals surface area contributed by atoms with Crippen LogP contribution in [0.25, 0.3) is 0 Å². The third-order valence-corrected chi connectivity index (χ3v) is 1.83. The Morgan fingerprint density at radius 2 is 1.93 bits per heavy atom. The summed E-state index contributed by atoms with van der Waals surface area (Å²) in [6.45, 7) is 0. The summed E-state index contributed by atoms with van der Waals surface area (Å²) in [6, 6.07) is 6.08. The monoisotopic (exact) mass is 215 g/mol. The van der Waals surface area contributed by atoms with Crippen LogP contribution in [0.3, 0.4) is 0 Å². The Hall–Kier alpha value is -1.56. The van der Waals surface area contributed by atoms with Crippen molar-refractivity contribution in [1.29, 1.82) is 0 Å². The molecule has 1 rings (SSSR count). The van der Waals surface area contributed by atoms with E-state index < -0.39 is 10.1 Å². The van der Waals surface area contributed by atoms with Gasteiger partial charge in [-0.3, -0.25) is 0 Å². The summed E-state index contributed by atoms with van der Waals surface area (Å²) in [6.07, 6.45) is 2.19. The largest absolute Gasteiger partial charge is 0.411 e. The first-order valence-electron chi connectivity index (χ1n) is 3.68. The van der Waals surface area contributed by atoms with E-state index in [1.165, 1.54) is 18.3 Å².